The highest BCUT2D eigenvalue weighted by Crippen LogP contribution is 2.20. The van der Waals surface area contributed by atoms with E-state index in [1.165, 1.54) is 0 Å². The van der Waals surface area contributed by atoms with Crippen LogP contribution in [-0.2, 0) is 4.79 Å². The quantitative estimate of drug-likeness (QED) is 0.580. The second kappa shape index (κ2) is 4.28. The fraction of sp³-hybridized carbons (Fsp3) is 0. The summed E-state index contributed by atoms with van der Waals surface area (Å²) in [7, 11) is 0. The molecule has 1 aromatic rings. The molecule has 0 unspecified atom stereocenters. The minimum atomic E-state index is -0.704. The van der Waals surface area contributed by atoms with Crippen molar-refractivity contribution in [1.82, 2.24) is 0 Å². The third kappa shape index (κ3) is 2.45. The highest BCUT2D eigenvalue weighted by Gasteiger charge is 2.06. The van der Waals surface area contributed by atoms with E-state index in [9.17, 15) is 13.6 Å². The summed E-state index contributed by atoms with van der Waals surface area (Å²) in [5.41, 5.74) is -0.213. The number of carbonyl (C=O) groups is 1. The van der Waals surface area contributed by atoms with Crippen LogP contribution in [0.4, 0.5) is 8.78 Å². The summed E-state index contributed by atoms with van der Waals surface area (Å²) in [6, 6.07) is 2.26. The number of allylic oxidation sites excluding steroid dienone is 1. The molecule has 4 heteroatoms. The minimum absolute atomic E-state index is 0.213. The summed E-state index contributed by atoms with van der Waals surface area (Å²) in [6.45, 7) is 0. The largest absolute Gasteiger partial charge is 0.299 e. The van der Waals surface area contributed by atoms with Crippen molar-refractivity contribution in [2.75, 3.05) is 0 Å². The Morgan fingerprint density at radius 1 is 1.23 bits per heavy atom. The molecule has 0 aliphatic heterocycles. The number of rotatable bonds is 2. The lowest BCUT2D eigenvalue weighted by atomic mass is 10.2. The first-order chi connectivity index (χ1) is 6.15. The second-order valence-corrected chi connectivity index (χ2v) is 3.19. The number of aldehydes is 1. The minimum Gasteiger partial charge on any atom is -0.299 e. The van der Waals surface area contributed by atoms with Crippen LogP contribution in [0.25, 0.3) is 6.08 Å². The fourth-order valence-corrected chi connectivity index (χ4v) is 1.25. The van der Waals surface area contributed by atoms with Crippen molar-refractivity contribution in [2.24, 2.45) is 0 Å². The monoisotopic (exact) mass is 246 g/mol. The molecule has 1 aromatic carbocycles. The van der Waals surface area contributed by atoms with Crippen LogP contribution >= 0.6 is 15.9 Å². The molecule has 13 heavy (non-hydrogen) atoms. The predicted molar refractivity (Wildman–Crippen MR) is 49.2 cm³/mol. The molecule has 0 amide bonds. The van der Waals surface area contributed by atoms with Crippen LogP contribution < -0.4 is 0 Å². The van der Waals surface area contributed by atoms with Crippen LogP contribution in [0, 0.1) is 11.6 Å². The molecule has 0 fully saturated rings. The summed E-state index contributed by atoms with van der Waals surface area (Å²) in [5.74, 6) is -1.41. The fourth-order valence-electron chi connectivity index (χ4n) is 0.848. The van der Waals surface area contributed by atoms with Crippen LogP contribution in [-0.4, -0.2) is 6.29 Å². The first-order valence-corrected chi connectivity index (χ1v) is 4.21. The molecular weight excluding hydrogens is 242 g/mol. The van der Waals surface area contributed by atoms with Gasteiger partial charge in [0.15, 0.2) is 0 Å². The van der Waals surface area contributed by atoms with Gasteiger partial charge in [-0.1, -0.05) is 15.9 Å². The van der Waals surface area contributed by atoms with E-state index in [2.05, 4.69) is 15.9 Å². The van der Waals surface area contributed by atoms with Crippen LogP contribution in [0.3, 0.4) is 0 Å². The summed E-state index contributed by atoms with van der Waals surface area (Å²) in [4.78, 5) is 9.93. The predicted octanol–water partition coefficient (Wildman–Crippen LogP) is 2.94. The van der Waals surface area contributed by atoms with Gasteiger partial charge in [-0.05, 0) is 24.3 Å². The van der Waals surface area contributed by atoms with Gasteiger partial charge in [0, 0.05) is 10.0 Å². The van der Waals surface area contributed by atoms with E-state index in [0.717, 1.165) is 24.3 Å². The summed E-state index contributed by atoms with van der Waals surface area (Å²) < 4.78 is 26.3. The molecule has 0 aliphatic carbocycles. The van der Waals surface area contributed by atoms with Gasteiger partial charge in [-0.15, -0.1) is 0 Å². The standard InChI is InChI=1S/C9H5BrF2O/c10-6-4-8(11)7(2-1-3-13)9(12)5-6/h1-5H. The number of hydrogen-bond acceptors (Lipinski definition) is 1. The zero-order valence-electron chi connectivity index (χ0n) is 6.43. The van der Waals surface area contributed by atoms with Crippen molar-refractivity contribution in [2.45, 2.75) is 0 Å². The van der Waals surface area contributed by atoms with Crippen molar-refractivity contribution < 1.29 is 13.6 Å². The van der Waals surface area contributed by atoms with Crippen molar-refractivity contribution in [1.29, 1.82) is 0 Å². The number of hydrogen-bond donors (Lipinski definition) is 0. The Kier molecular flexibility index (Phi) is 3.31. The molecular formula is C9H5BrF2O. The second-order valence-electron chi connectivity index (χ2n) is 2.28. The molecule has 0 aromatic heterocycles. The summed E-state index contributed by atoms with van der Waals surface area (Å²) in [5, 5.41) is 0. The molecule has 0 saturated carbocycles. The van der Waals surface area contributed by atoms with E-state index in [0.29, 0.717) is 10.8 Å². The van der Waals surface area contributed by atoms with Gasteiger partial charge < -0.3 is 0 Å². The Balaban J connectivity index is 3.20. The number of halogens is 3. The average Bonchev–Trinajstić information content (AvgIpc) is 2.02. The lowest BCUT2D eigenvalue weighted by molar-refractivity contribution is -0.104. The molecule has 1 rings (SSSR count). The van der Waals surface area contributed by atoms with E-state index in [-0.39, 0.29) is 5.56 Å². The molecule has 68 valence electrons. The van der Waals surface area contributed by atoms with Crippen molar-refractivity contribution in [3.63, 3.8) is 0 Å². The van der Waals surface area contributed by atoms with Gasteiger partial charge in [-0.3, -0.25) is 4.79 Å². The van der Waals surface area contributed by atoms with E-state index in [1.807, 2.05) is 0 Å². The number of carbonyl (C=O) groups excluding carboxylic acids is 1. The first kappa shape index (κ1) is 10.1. The topological polar surface area (TPSA) is 17.1 Å². The van der Waals surface area contributed by atoms with Gasteiger partial charge in [-0.25, -0.2) is 8.78 Å². The van der Waals surface area contributed by atoms with Gasteiger partial charge in [0.1, 0.15) is 17.9 Å². The zero-order chi connectivity index (χ0) is 9.84. The number of benzene rings is 1. The molecule has 0 radical (unpaired) electrons. The van der Waals surface area contributed by atoms with Gasteiger partial charge in [-0.2, -0.15) is 0 Å². The molecule has 0 atom stereocenters. The average molecular weight is 247 g/mol. The van der Waals surface area contributed by atoms with E-state index in [4.69, 9.17) is 0 Å². The van der Waals surface area contributed by atoms with E-state index in [1.54, 1.807) is 0 Å². The smallest absolute Gasteiger partial charge is 0.142 e. The molecule has 0 aliphatic rings. The Morgan fingerprint density at radius 2 is 1.77 bits per heavy atom. The van der Waals surface area contributed by atoms with Crippen LogP contribution in [0.2, 0.25) is 0 Å². The Hall–Kier alpha value is -1.03. The van der Waals surface area contributed by atoms with E-state index >= 15 is 0 Å². The van der Waals surface area contributed by atoms with Crippen LogP contribution in [0.5, 0.6) is 0 Å². The molecule has 0 N–H and O–H groups in total. The van der Waals surface area contributed by atoms with Crippen molar-refractivity contribution in [3.8, 4) is 0 Å². The maximum Gasteiger partial charge on any atom is 0.142 e. The Labute approximate surface area is 82.2 Å². The first-order valence-electron chi connectivity index (χ1n) is 3.41. The lowest BCUT2D eigenvalue weighted by Gasteiger charge is -1.99. The normalized spacial score (nSPS) is 10.7. The van der Waals surface area contributed by atoms with E-state index < -0.39 is 11.6 Å². The van der Waals surface area contributed by atoms with Gasteiger partial charge in [0.25, 0.3) is 0 Å². The maximum absolute atomic E-state index is 13.0. The molecule has 0 bridgehead atoms. The van der Waals surface area contributed by atoms with Crippen molar-refractivity contribution >= 4 is 28.3 Å². The van der Waals surface area contributed by atoms with Crippen molar-refractivity contribution in [3.05, 3.63) is 39.9 Å². The summed E-state index contributed by atoms with van der Waals surface area (Å²) >= 11 is 2.94. The molecule has 0 spiro atoms. The van der Waals surface area contributed by atoms with Gasteiger partial charge in [0.05, 0.1) is 0 Å². The third-order valence-electron chi connectivity index (χ3n) is 1.39. The zero-order valence-corrected chi connectivity index (χ0v) is 8.01. The Bertz CT molecular complexity index is 338. The Morgan fingerprint density at radius 3 is 2.23 bits per heavy atom. The molecule has 1 nitrogen and oxygen atoms in total. The third-order valence-corrected chi connectivity index (χ3v) is 1.84. The highest BCUT2D eigenvalue weighted by molar-refractivity contribution is 9.10. The molecule has 0 saturated heterocycles. The maximum atomic E-state index is 13.0. The highest BCUT2D eigenvalue weighted by atomic mass is 79.9. The SMILES string of the molecule is O=CC=Cc1c(F)cc(Br)cc1F. The summed E-state index contributed by atoms with van der Waals surface area (Å²) in [6.07, 6.45) is 2.58. The molecule has 0 heterocycles. The van der Waals surface area contributed by atoms with Crippen LogP contribution in [0.1, 0.15) is 5.56 Å². The van der Waals surface area contributed by atoms with Gasteiger partial charge >= 0.3 is 0 Å². The van der Waals surface area contributed by atoms with Gasteiger partial charge in [0.2, 0.25) is 0 Å². The lowest BCUT2D eigenvalue weighted by Crippen LogP contribution is -1.88. The van der Waals surface area contributed by atoms with Crippen LogP contribution in [0.15, 0.2) is 22.7 Å².